The Morgan fingerprint density at radius 2 is 1.61 bits per heavy atom. The molecule has 2 aromatic rings. The lowest BCUT2D eigenvalue weighted by Gasteiger charge is -2.32. The summed E-state index contributed by atoms with van der Waals surface area (Å²) in [5, 5.41) is 0. The number of carbonyl (C=O) groups excluding carboxylic acids is 1. The zero-order valence-electron chi connectivity index (χ0n) is 18.6. The number of nitrogens with zero attached hydrogens (tertiary/aromatic N) is 1. The molecule has 0 atom stereocenters. The summed E-state index contributed by atoms with van der Waals surface area (Å²) in [5.41, 5.74) is 2.01. The highest BCUT2D eigenvalue weighted by Crippen LogP contribution is 2.34. The SMILES string of the molecule is COc1ccc(C(=O)N2CCC(Cc3ccc(OC)c(OC4CCCC4)c3)CC2)cc1. The van der Waals surface area contributed by atoms with Crippen molar-refractivity contribution in [3.8, 4) is 17.2 Å². The maximum absolute atomic E-state index is 12.8. The summed E-state index contributed by atoms with van der Waals surface area (Å²) in [6, 6.07) is 13.7. The molecule has 0 aromatic heterocycles. The molecule has 1 saturated heterocycles. The van der Waals surface area contributed by atoms with Crippen LogP contribution in [0.4, 0.5) is 0 Å². The van der Waals surface area contributed by atoms with E-state index in [1.54, 1.807) is 14.2 Å². The number of hydrogen-bond donors (Lipinski definition) is 0. The van der Waals surface area contributed by atoms with Gasteiger partial charge in [-0.1, -0.05) is 6.07 Å². The minimum Gasteiger partial charge on any atom is -0.497 e. The summed E-state index contributed by atoms with van der Waals surface area (Å²) >= 11 is 0. The number of amides is 1. The van der Waals surface area contributed by atoms with Gasteiger partial charge in [0.25, 0.3) is 5.91 Å². The second-order valence-corrected chi connectivity index (χ2v) is 8.68. The molecule has 4 rings (SSSR count). The first-order valence-electron chi connectivity index (χ1n) is 11.4. The number of benzene rings is 2. The van der Waals surface area contributed by atoms with E-state index in [9.17, 15) is 4.79 Å². The monoisotopic (exact) mass is 423 g/mol. The van der Waals surface area contributed by atoms with Gasteiger partial charge in [0, 0.05) is 18.7 Å². The zero-order valence-corrected chi connectivity index (χ0v) is 18.6. The molecule has 0 bridgehead atoms. The predicted molar refractivity (Wildman–Crippen MR) is 121 cm³/mol. The molecule has 2 aliphatic rings. The summed E-state index contributed by atoms with van der Waals surface area (Å²) in [7, 11) is 3.33. The molecule has 1 heterocycles. The van der Waals surface area contributed by atoms with E-state index >= 15 is 0 Å². The van der Waals surface area contributed by atoms with Crippen LogP contribution >= 0.6 is 0 Å². The Balaban J connectivity index is 1.33. The molecular weight excluding hydrogens is 390 g/mol. The van der Waals surface area contributed by atoms with Crippen LogP contribution in [0.2, 0.25) is 0 Å². The van der Waals surface area contributed by atoms with E-state index in [4.69, 9.17) is 14.2 Å². The quantitative estimate of drug-likeness (QED) is 0.620. The van der Waals surface area contributed by atoms with Gasteiger partial charge < -0.3 is 19.1 Å². The molecule has 2 fully saturated rings. The van der Waals surface area contributed by atoms with Gasteiger partial charge >= 0.3 is 0 Å². The standard InChI is InChI=1S/C26H33NO4/c1-29-22-10-8-21(9-11-22)26(28)27-15-13-19(14-16-27)17-20-7-12-24(30-2)25(18-20)31-23-5-3-4-6-23/h7-12,18-19,23H,3-6,13-17H2,1-2H3. The first-order valence-corrected chi connectivity index (χ1v) is 11.4. The normalized spacial score (nSPS) is 17.5. The van der Waals surface area contributed by atoms with E-state index in [0.29, 0.717) is 12.0 Å². The fourth-order valence-electron chi connectivity index (χ4n) is 4.72. The number of piperidine rings is 1. The summed E-state index contributed by atoms with van der Waals surface area (Å²) in [5.74, 6) is 3.14. The van der Waals surface area contributed by atoms with Gasteiger partial charge in [-0.2, -0.15) is 0 Å². The van der Waals surface area contributed by atoms with E-state index in [-0.39, 0.29) is 5.91 Å². The van der Waals surface area contributed by atoms with E-state index < -0.39 is 0 Å². The van der Waals surface area contributed by atoms with Crippen molar-refractivity contribution in [1.29, 1.82) is 0 Å². The van der Waals surface area contributed by atoms with E-state index in [1.807, 2.05) is 35.2 Å². The fourth-order valence-corrected chi connectivity index (χ4v) is 4.72. The van der Waals surface area contributed by atoms with E-state index in [2.05, 4.69) is 12.1 Å². The Kier molecular flexibility index (Phi) is 7.00. The Hall–Kier alpha value is -2.69. The smallest absolute Gasteiger partial charge is 0.253 e. The van der Waals surface area contributed by atoms with Crippen LogP contribution in [-0.4, -0.2) is 44.2 Å². The average molecular weight is 424 g/mol. The van der Waals surface area contributed by atoms with Gasteiger partial charge in [-0.25, -0.2) is 0 Å². The van der Waals surface area contributed by atoms with Gasteiger partial charge in [-0.05, 0) is 92.8 Å². The van der Waals surface area contributed by atoms with Crippen LogP contribution in [0.3, 0.4) is 0 Å². The lowest BCUT2D eigenvalue weighted by molar-refractivity contribution is 0.0690. The number of ether oxygens (including phenoxy) is 3. The number of carbonyl (C=O) groups is 1. The third-order valence-corrected chi connectivity index (χ3v) is 6.59. The number of methoxy groups -OCH3 is 2. The van der Waals surface area contributed by atoms with Crippen LogP contribution in [0.5, 0.6) is 17.2 Å². The van der Waals surface area contributed by atoms with Crippen molar-refractivity contribution in [2.24, 2.45) is 5.92 Å². The molecular formula is C26H33NO4. The minimum atomic E-state index is 0.109. The van der Waals surface area contributed by atoms with Crippen molar-refractivity contribution >= 4 is 5.91 Å². The molecule has 1 amide bonds. The Bertz CT molecular complexity index is 865. The second-order valence-electron chi connectivity index (χ2n) is 8.68. The topological polar surface area (TPSA) is 48.0 Å². The number of likely N-dealkylation sites (tertiary alicyclic amines) is 1. The molecule has 1 aliphatic carbocycles. The Morgan fingerprint density at radius 3 is 2.26 bits per heavy atom. The van der Waals surface area contributed by atoms with Crippen LogP contribution in [0.15, 0.2) is 42.5 Å². The Morgan fingerprint density at radius 1 is 0.903 bits per heavy atom. The summed E-state index contributed by atoms with van der Waals surface area (Å²) in [6.45, 7) is 1.61. The van der Waals surface area contributed by atoms with Gasteiger partial charge in [-0.3, -0.25) is 4.79 Å². The van der Waals surface area contributed by atoms with Crippen molar-refractivity contribution in [2.75, 3.05) is 27.3 Å². The third kappa shape index (κ3) is 5.33. The fraction of sp³-hybridized carbons (Fsp3) is 0.500. The van der Waals surface area contributed by atoms with E-state index in [1.165, 1.54) is 18.4 Å². The molecule has 0 radical (unpaired) electrons. The largest absolute Gasteiger partial charge is 0.497 e. The molecule has 2 aromatic carbocycles. The van der Waals surface area contributed by atoms with Crippen molar-refractivity contribution < 1.29 is 19.0 Å². The summed E-state index contributed by atoms with van der Waals surface area (Å²) in [6.07, 6.45) is 8.13. The van der Waals surface area contributed by atoms with Crippen LogP contribution in [0.1, 0.15) is 54.4 Å². The highest BCUT2D eigenvalue weighted by Gasteiger charge is 2.24. The van der Waals surface area contributed by atoms with Gasteiger partial charge in [0.1, 0.15) is 5.75 Å². The van der Waals surface area contributed by atoms with Gasteiger partial charge in [0.15, 0.2) is 11.5 Å². The third-order valence-electron chi connectivity index (χ3n) is 6.59. The first-order chi connectivity index (χ1) is 15.2. The summed E-state index contributed by atoms with van der Waals surface area (Å²) < 4.78 is 17.0. The van der Waals surface area contributed by atoms with Gasteiger partial charge in [-0.15, -0.1) is 0 Å². The lowest BCUT2D eigenvalue weighted by atomic mass is 9.90. The first kappa shape index (κ1) is 21.5. The molecule has 5 nitrogen and oxygen atoms in total. The maximum Gasteiger partial charge on any atom is 0.253 e. The zero-order chi connectivity index (χ0) is 21.6. The summed E-state index contributed by atoms with van der Waals surface area (Å²) in [4.78, 5) is 14.8. The maximum atomic E-state index is 12.8. The number of hydrogen-bond acceptors (Lipinski definition) is 4. The van der Waals surface area contributed by atoms with Gasteiger partial charge in [0.05, 0.1) is 20.3 Å². The van der Waals surface area contributed by atoms with E-state index in [0.717, 1.165) is 68.0 Å². The molecule has 1 aliphatic heterocycles. The Labute approximate surface area is 185 Å². The van der Waals surface area contributed by atoms with Crippen molar-refractivity contribution in [3.63, 3.8) is 0 Å². The highest BCUT2D eigenvalue weighted by atomic mass is 16.5. The molecule has 5 heteroatoms. The average Bonchev–Trinajstić information content (AvgIpc) is 3.32. The van der Waals surface area contributed by atoms with Crippen LogP contribution in [0, 0.1) is 5.92 Å². The molecule has 1 saturated carbocycles. The second kappa shape index (κ2) is 10.1. The molecule has 0 unspecified atom stereocenters. The molecule has 31 heavy (non-hydrogen) atoms. The van der Waals surface area contributed by atoms with Crippen molar-refractivity contribution in [2.45, 2.75) is 51.0 Å². The van der Waals surface area contributed by atoms with Crippen LogP contribution < -0.4 is 14.2 Å². The minimum absolute atomic E-state index is 0.109. The predicted octanol–water partition coefficient (Wildman–Crippen LogP) is 5.12. The number of rotatable bonds is 7. The van der Waals surface area contributed by atoms with Crippen LogP contribution in [0.25, 0.3) is 0 Å². The van der Waals surface area contributed by atoms with Crippen molar-refractivity contribution in [3.05, 3.63) is 53.6 Å². The van der Waals surface area contributed by atoms with Crippen LogP contribution in [-0.2, 0) is 6.42 Å². The molecule has 0 spiro atoms. The molecule has 166 valence electrons. The molecule has 0 N–H and O–H groups in total. The van der Waals surface area contributed by atoms with Gasteiger partial charge in [0.2, 0.25) is 0 Å². The van der Waals surface area contributed by atoms with Crippen molar-refractivity contribution in [1.82, 2.24) is 4.90 Å². The highest BCUT2D eigenvalue weighted by molar-refractivity contribution is 5.94. The lowest BCUT2D eigenvalue weighted by Crippen LogP contribution is -2.38.